The van der Waals surface area contributed by atoms with Gasteiger partial charge in [0.15, 0.2) is 0 Å². The van der Waals surface area contributed by atoms with Crippen LogP contribution in [0.3, 0.4) is 0 Å². The Morgan fingerprint density at radius 1 is 0.618 bits per heavy atom. The molecule has 6 heteroatoms. The minimum absolute atomic E-state index is 0.246. The highest BCUT2D eigenvalue weighted by Gasteiger charge is 2.44. The van der Waals surface area contributed by atoms with Crippen LogP contribution in [0.5, 0.6) is 0 Å². The molecule has 0 nitrogen and oxygen atoms in total. The van der Waals surface area contributed by atoms with Crippen LogP contribution in [-0.4, -0.2) is 13.4 Å². The van der Waals surface area contributed by atoms with Gasteiger partial charge in [-0.3, -0.25) is 0 Å². The van der Waals surface area contributed by atoms with Gasteiger partial charge in [-0.15, -0.1) is 44.3 Å². The van der Waals surface area contributed by atoms with Crippen molar-refractivity contribution in [1.82, 2.24) is 0 Å². The summed E-state index contributed by atoms with van der Waals surface area (Å²) in [5, 5.41) is 2.10. The highest BCUT2D eigenvalue weighted by Crippen LogP contribution is 2.36. The summed E-state index contributed by atoms with van der Waals surface area (Å²) < 4.78 is 0. The largest absolute Gasteiger partial charge is 0.281 e. The first-order valence-electron chi connectivity index (χ1n) is 12.1. The molecule has 3 rings (SSSR count). The fourth-order valence-corrected chi connectivity index (χ4v) is 16.7. The van der Waals surface area contributed by atoms with E-state index in [-0.39, 0.29) is 11.8 Å². The third-order valence-corrected chi connectivity index (χ3v) is 16.0. The van der Waals surface area contributed by atoms with E-state index >= 15 is 0 Å². The molecule has 0 saturated heterocycles. The summed E-state index contributed by atoms with van der Waals surface area (Å²) in [5.41, 5.74) is 5.05. The SMILES string of the molecule is CCc1ccc([Si](Cl)(Cl)CC(C)c2ccccc2)c([Si](Cl)(Cl)CC(C)c2ccccc2)c1CC. The third-order valence-electron chi connectivity index (χ3n) is 6.77. The van der Waals surface area contributed by atoms with Crippen LogP contribution in [0.25, 0.3) is 0 Å². The Bertz CT molecular complexity index is 1070. The quantitative estimate of drug-likeness (QED) is 0.170. The second-order valence-corrected chi connectivity index (χ2v) is 22.8. The molecule has 0 aliphatic carbocycles. The van der Waals surface area contributed by atoms with E-state index in [0.29, 0.717) is 6.04 Å². The lowest BCUT2D eigenvalue weighted by atomic mass is 10.0. The van der Waals surface area contributed by atoms with Crippen LogP contribution in [0.1, 0.15) is 61.8 Å². The van der Waals surface area contributed by atoms with Crippen molar-refractivity contribution in [2.45, 2.75) is 64.5 Å². The summed E-state index contributed by atoms with van der Waals surface area (Å²) in [6, 6.07) is 26.7. The summed E-state index contributed by atoms with van der Waals surface area (Å²) in [4.78, 5) is 0. The predicted octanol–water partition coefficient (Wildman–Crippen LogP) is 8.67. The molecule has 0 heterocycles. The van der Waals surface area contributed by atoms with E-state index in [2.05, 4.69) is 88.4 Å². The van der Waals surface area contributed by atoms with Crippen LogP contribution in [0.15, 0.2) is 72.8 Å². The first-order valence-corrected chi connectivity index (χ1v) is 20.6. The Morgan fingerprint density at radius 3 is 1.53 bits per heavy atom. The number of benzene rings is 3. The molecular formula is C28H34Cl4Si2. The van der Waals surface area contributed by atoms with Crippen LogP contribution < -0.4 is 10.4 Å². The standard InChI is InChI=1S/C28H34Cl4Si2/c1-5-23-17-18-27(33(29,30)19-21(3)24-13-9-7-10-14-24)28(26(23)6-2)34(31,32)20-22(4)25-15-11-8-12-16-25/h7-18,21-22H,5-6,19-20H2,1-4H3. The van der Waals surface area contributed by atoms with Crippen molar-refractivity contribution in [1.29, 1.82) is 0 Å². The first kappa shape index (κ1) is 27.8. The zero-order chi connectivity index (χ0) is 24.9. The summed E-state index contributed by atoms with van der Waals surface area (Å²) in [7, 11) is 0. The molecule has 0 saturated carbocycles. The van der Waals surface area contributed by atoms with Gasteiger partial charge in [0.25, 0.3) is 13.4 Å². The number of halogens is 4. The number of aryl methyl sites for hydroxylation is 1. The Morgan fingerprint density at radius 2 is 1.09 bits per heavy atom. The van der Waals surface area contributed by atoms with Gasteiger partial charge in [-0.1, -0.05) is 100 Å². The maximum absolute atomic E-state index is 7.39. The van der Waals surface area contributed by atoms with Crippen molar-refractivity contribution >= 4 is 68.1 Å². The molecule has 2 unspecified atom stereocenters. The smallest absolute Gasteiger partial charge is 0.140 e. The van der Waals surface area contributed by atoms with Crippen LogP contribution in [0.2, 0.25) is 12.1 Å². The van der Waals surface area contributed by atoms with Gasteiger partial charge in [0.05, 0.1) is 0 Å². The van der Waals surface area contributed by atoms with Gasteiger partial charge in [0, 0.05) is 0 Å². The lowest BCUT2D eigenvalue weighted by molar-refractivity contribution is 0.855. The Balaban J connectivity index is 2.06. The highest BCUT2D eigenvalue weighted by molar-refractivity contribution is 7.55. The molecule has 0 amide bonds. The molecule has 3 aromatic carbocycles. The van der Waals surface area contributed by atoms with Crippen molar-refractivity contribution in [2.24, 2.45) is 0 Å². The average molecular weight is 569 g/mol. The normalized spacial score (nSPS) is 14.1. The fourth-order valence-electron chi connectivity index (χ4n) is 4.93. The Labute approximate surface area is 226 Å². The van der Waals surface area contributed by atoms with Gasteiger partial charge < -0.3 is 0 Å². The molecular weight excluding hydrogens is 534 g/mol. The first-order chi connectivity index (χ1) is 16.1. The number of hydrogen-bond donors (Lipinski definition) is 0. The van der Waals surface area contributed by atoms with Crippen molar-refractivity contribution < 1.29 is 0 Å². The van der Waals surface area contributed by atoms with Gasteiger partial charge >= 0.3 is 0 Å². The molecule has 0 spiro atoms. The van der Waals surface area contributed by atoms with Crippen molar-refractivity contribution in [3.05, 3.63) is 95.1 Å². The minimum Gasteiger partial charge on any atom is -0.140 e. The van der Waals surface area contributed by atoms with E-state index in [1.54, 1.807) is 0 Å². The topological polar surface area (TPSA) is 0 Å². The molecule has 0 radical (unpaired) electrons. The Kier molecular flexibility index (Phi) is 9.82. The van der Waals surface area contributed by atoms with Gasteiger partial charge in [0.2, 0.25) is 0 Å². The summed E-state index contributed by atoms with van der Waals surface area (Å²) in [5.74, 6) is 0.493. The third kappa shape index (κ3) is 6.52. The molecule has 0 bridgehead atoms. The van der Waals surface area contributed by atoms with Gasteiger partial charge in [-0.25, -0.2) is 0 Å². The van der Waals surface area contributed by atoms with E-state index in [1.165, 1.54) is 22.3 Å². The van der Waals surface area contributed by atoms with Crippen molar-refractivity contribution in [3.8, 4) is 0 Å². The molecule has 0 N–H and O–H groups in total. The van der Waals surface area contributed by atoms with Crippen molar-refractivity contribution in [2.75, 3.05) is 0 Å². The van der Waals surface area contributed by atoms with Crippen LogP contribution in [-0.2, 0) is 12.8 Å². The molecule has 182 valence electrons. The average Bonchev–Trinajstić information content (AvgIpc) is 2.83. The molecule has 0 aromatic heterocycles. The molecule has 0 fully saturated rings. The van der Waals surface area contributed by atoms with Gasteiger partial charge in [-0.2, -0.15) is 0 Å². The van der Waals surface area contributed by atoms with Crippen LogP contribution in [0, 0.1) is 0 Å². The predicted molar refractivity (Wildman–Crippen MR) is 159 cm³/mol. The fraction of sp³-hybridized carbons (Fsp3) is 0.357. The maximum atomic E-state index is 7.39. The van der Waals surface area contributed by atoms with Gasteiger partial charge in [-0.05, 0) is 69.4 Å². The molecule has 3 aromatic rings. The summed E-state index contributed by atoms with van der Waals surface area (Å²) in [6.07, 6.45) is 1.80. The zero-order valence-corrected chi connectivity index (χ0v) is 25.4. The molecule has 0 aliphatic rings. The molecule has 2 atom stereocenters. The number of hydrogen-bond acceptors (Lipinski definition) is 0. The lowest BCUT2D eigenvalue weighted by Crippen LogP contribution is -2.57. The zero-order valence-electron chi connectivity index (χ0n) is 20.4. The molecule has 34 heavy (non-hydrogen) atoms. The minimum atomic E-state index is -2.91. The second-order valence-electron chi connectivity index (χ2n) is 9.27. The Hall–Kier alpha value is -0.746. The van der Waals surface area contributed by atoms with E-state index < -0.39 is 13.4 Å². The van der Waals surface area contributed by atoms with Crippen LogP contribution in [0.4, 0.5) is 0 Å². The highest BCUT2D eigenvalue weighted by atomic mass is 35.7. The second kappa shape index (κ2) is 12.0. The van der Waals surface area contributed by atoms with Crippen LogP contribution >= 0.6 is 44.3 Å². The van der Waals surface area contributed by atoms with E-state index in [0.717, 1.165) is 29.3 Å². The van der Waals surface area contributed by atoms with E-state index in [1.807, 2.05) is 12.1 Å². The number of rotatable bonds is 10. The lowest BCUT2D eigenvalue weighted by Gasteiger charge is -2.32. The van der Waals surface area contributed by atoms with E-state index in [4.69, 9.17) is 44.3 Å². The molecule has 0 aliphatic heterocycles. The summed E-state index contributed by atoms with van der Waals surface area (Å²) in [6.45, 7) is 2.97. The van der Waals surface area contributed by atoms with Gasteiger partial charge in [0.1, 0.15) is 0 Å². The van der Waals surface area contributed by atoms with Crippen molar-refractivity contribution in [3.63, 3.8) is 0 Å². The van der Waals surface area contributed by atoms with E-state index in [9.17, 15) is 0 Å². The monoisotopic (exact) mass is 566 g/mol. The summed E-state index contributed by atoms with van der Waals surface area (Å²) >= 11 is 29.4. The maximum Gasteiger partial charge on any atom is 0.281 e.